The van der Waals surface area contributed by atoms with E-state index in [1.807, 2.05) is 0 Å². The Morgan fingerprint density at radius 3 is 2.81 bits per heavy atom. The molecule has 1 amide bonds. The first-order valence-electron chi connectivity index (χ1n) is 8.73. The second-order valence-corrected chi connectivity index (χ2v) is 6.76. The Kier molecular flexibility index (Phi) is 5.44. The lowest BCUT2D eigenvalue weighted by Gasteiger charge is -2.32. The zero-order valence-electron chi connectivity index (χ0n) is 14.6. The Hall–Kier alpha value is -2.57. The number of aryl methyl sites for hydroxylation is 1. The maximum atomic E-state index is 13.8. The van der Waals surface area contributed by atoms with Crippen molar-refractivity contribution in [2.24, 2.45) is 5.92 Å². The average Bonchev–Trinajstić information content (AvgIpc) is 3.11. The second kappa shape index (κ2) is 7.76. The molecule has 1 saturated heterocycles. The molecule has 0 radical (unpaired) electrons. The van der Waals surface area contributed by atoms with E-state index in [0.29, 0.717) is 30.8 Å². The van der Waals surface area contributed by atoms with Crippen LogP contribution >= 0.6 is 0 Å². The molecule has 1 aromatic heterocycles. The van der Waals surface area contributed by atoms with Gasteiger partial charge in [-0.2, -0.15) is 5.10 Å². The number of hydrogen-bond acceptors (Lipinski definition) is 3. The summed E-state index contributed by atoms with van der Waals surface area (Å²) in [5.74, 6) is -1.22. The molecule has 1 N–H and O–H groups in total. The summed E-state index contributed by atoms with van der Waals surface area (Å²) in [5.41, 5.74) is 1.05. The number of carbonyl (C=O) groups is 2. The lowest BCUT2D eigenvalue weighted by atomic mass is 9.91. The first-order valence-corrected chi connectivity index (χ1v) is 8.73. The van der Waals surface area contributed by atoms with Crippen LogP contribution in [0.25, 0.3) is 0 Å². The van der Waals surface area contributed by atoms with Gasteiger partial charge in [-0.25, -0.2) is 8.78 Å². The van der Waals surface area contributed by atoms with Gasteiger partial charge in [0.15, 0.2) is 5.78 Å². The Balaban J connectivity index is 1.59. The van der Waals surface area contributed by atoms with Crippen LogP contribution in [-0.2, 0) is 6.42 Å². The topological polar surface area (TPSA) is 66.1 Å². The van der Waals surface area contributed by atoms with Crippen molar-refractivity contribution in [1.82, 2.24) is 15.1 Å². The molecule has 0 unspecified atom stereocenters. The molecule has 1 aliphatic heterocycles. The summed E-state index contributed by atoms with van der Waals surface area (Å²) in [6.07, 6.45) is 3.08. The standard InChI is InChI=1S/C19H21F2N3O2/c1-12(25)17-10-18(23-22-17)19(26)24-8-2-3-13(11-24)4-5-14-6-7-15(20)9-16(14)21/h6-7,9-10,13H,2-5,8,11H2,1H3,(H,22,23)/t13-/m1/s1. The minimum absolute atomic E-state index is 0.178. The average molecular weight is 361 g/mol. The molecule has 2 heterocycles. The maximum absolute atomic E-state index is 13.8. The van der Waals surface area contributed by atoms with Crippen molar-refractivity contribution >= 4 is 11.7 Å². The van der Waals surface area contributed by atoms with Gasteiger partial charge in [0.25, 0.3) is 5.91 Å². The minimum Gasteiger partial charge on any atom is -0.337 e. The van der Waals surface area contributed by atoms with E-state index in [1.54, 1.807) is 4.90 Å². The molecule has 1 aliphatic rings. The van der Waals surface area contributed by atoms with Gasteiger partial charge in [-0.1, -0.05) is 6.07 Å². The number of rotatable bonds is 5. The third-order valence-corrected chi connectivity index (χ3v) is 4.81. The fourth-order valence-electron chi connectivity index (χ4n) is 3.35. The van der Waals surface area contributed by atoms with Crippen LogP contribution < -0.4 is 0 Å². The number of H-pyrrole nitrogens is 1. The zero-order chi connectivity index (χ0) is 18.7. The van der Waals surface area contributed by atoms with Crippen LogP contribution in [0, 0.1) is 17.6 Å². The van der Waals surface area contributed by atoms with E-state index < -0.39 is 11.6 Å². The molecule has 0 spiro atoms. The van der Waals surface area contributed by atoms with Crippen molar-refractivity contribution in [3.05, 3.63) is 52.9 Å². The molecule has 26 heavy (non-hydrogen) atoms. The highest BCUT2D eigenvalue weighted by atomic mass is 19.1. The van der Waals surface area contributed by atoms with Crippen LogP contribution in [-0.4, -0.2) is 39.9 Å². The van der Waals surface area contributed by atoms with Crippen molar-refractivity contribution in [3.8, 4) is 0 Å². The van der Waals surface area contributed by atoms with Gasteiger partial charge in [0.05, 0.1) is 0 Å². The summed E-state index contributed by atoms with van der Waals surface area (Å²) >= 11 is 0. The lowest BCUT2D eigenvalue weighted by molar-refractivity contribution is 0.0662. The van der Waals surface area contributed by atoms with E-state index in [2.05, 4.69) is 10.2 Å². The summed E-state index contributed by atoms with van der Waals surface area (Å²) < 4.78 is 26.7. The number of likely N-dealkylation sites (tertiary alicyclic amines) is 1. The first kappa shape index (κ1) is 18.2. The number of carbonyl (C=O) groups excluding carboxylic acids is 2. The molecule has 5 nitrogen and oxygen atoms in total. The molecule has 1 aromatic carbocycles. The number of halogens is 2. The van der Waals surface area contributed by atoms with Crippen molar-refractivity contribution in [2.45, 2.75) is 32.6 Å². The molecule has 0 aliphatic carbocycles. The fourth-order valence-corrected chi connectivity index (χ4v) is 3.35. The third kappa shape index (κ3) is 4.15. The molecular weight excluding hydrogens is 340 g/mol. The summed E-state index contributed by atoms with van der Waals surface area (Å²) in [7, 11) is 0. The molecular formula is C19H21F2N3O2. The van der Waals surface area contributed by atoms with Crippen molar-refractivity contribution < 1.29 is 18.4 Å². The SMILES string of the molecule is CC(=O)c1cc(C(=O)N2CCC[C@H](CCc3ccc(F)cc3F)C2)[nH]n1. The first-order chi connectivity index (χ1) is 12.4. The summed E-state index contributed by atoms with van der Waals surface area (Å²) in [6.45, 7) is 2.63. The summed E-state index contributed by atoms with van der Waals surface area (Å²) in [4.78, 5) is 25.6. The number of ketones is 1. The van der Waals surface area contributed by atoms with Gasteiger partial charge in [0, 0.05) is 26.1 Å². The number of aromatic amines is 1. The largest absolute Gasteiger partial charge is 0.337 e. The number of piperidine rings is 1. The number of benzene rings is 1. The molecule has 3 rings (SSSR count). The van der Waals surface area contributed by atoms with Crippen molar-refractivity contribution in [2.75, 3.05) is 13.1 Å². The molecule has 138 valence electrons. The van der Waals surface area contributed by atoms with Crippen molar-refractivity contribution in [1.29, 1.82) is 0 Å². The number of Topliss-reactive ketones (excluding diaryl/α,β-unsaturated/α-hetero) is 1. The van der Waals surface area contributed by atoms with E-state index >= 15 is 0 Å². The van der Waals surface area contributed by atoms with Gasteiger partial charge in [0.2, 0.25) is 0 Å². The summed E-state index contributed by atoms with van der Waals surface area (Å²) in [5, 5.41) is 6.47. The number of amides is 1. The predicted molar refractivity (Wildman–Crippen MR) is 91.9 cm³/mol. The van der Waals surface area contributed by atoms with Crippen LogP contribution in [0.3, 0.4) is 0 Å². The zero-order valence-corrected chi connectivity index (χ0v) is 14.6. The maximum Gasteiger partial charge on any atom is 0.271 e. The monoisotopic (exact) mass is 361 g/mol. The van der Waals surface area contributed by atoms with E-state index in [0.717, 1.165) is 25.3 Å². The molecule has 0 bridgehead atoms. The van der Waals surface area contributed by atoms with E-state index in [-0.39, 0.29) is 23.3 Å². The molecule has 0 saturated carbocycles. The van der Waals surface area contributed by atoms with Gasteiger partial charge in [-0.05, 0) is 49.3 Å². The Morgan fingerprint density at radius 1 is 1.31 bits per heavy atom. The summed E-state index contributed by atoms with van der Waals surface area (Å²) in [6, 6.07) is 5.11. The fraction of sp³-hybridized carbons (Fsp3) is 0.421. The van der Waals surface area contributed by atoms with Crippen LogP contribution in [0.4, 0.5) is 8.78 Å². The molecule has 1 fully saturated rings. The Bertz CT molecular complexity index is 819. The second-order valence-electron chi connectivity index (χ2n) is 6.76. The lowest BCUT2D eigenvalue weighted by Crippen LogP contribution is -2.40. The van der Waals surface area contributed by atoms with Gasteiger partial charge in [-0.3, -0.25) is 14.7 Å². The van der Waals surface area contributed by atoms with E-state index in [4.69, 9.17) is 0 Å². The highest BCUT2D eigenvalue weighted by Crippen LogP contribution is 2.23. The molecule has 1 atom stereocenters. The number of nitrogens with one attached hydrogen (secondary N) is 1. The number of aromatic nitrogens is 2. The van der Waals surface area contributed by atoms with Gasteiger partial charge >= 0.3 is 0 Å². The molecule has 2 aromatic rings. The van der Waals surface area contributed by atoms with Gasteiger partial charge in [-0.15, -0.1) is 0 Å². The van der Waals surface area contributed by atoms with Crippen molar-refractivity contribution in [3.63, 3.8) is 0 Å². The van der Waals surface area contributed by atoms with Gasteiger partial charge in [0.1, 0.15) is 23.0 Å². The highest BCUT2D eigenvalue weighted by Gasteiger charge is 2.26. The minimum atomic E-state index is -0.579. The highest BCUT2D eigenvalue weighted by molar-refractivity contribution is 5.97. The van der Waals surface area contributed by atoms with Crippen LogP contribution in [0.15, 0.2) is 24.3 Å². The quantitative estimate of drug-likeness (QED) is 0.831. The van der Waals surface area contributed by atoms with E-state index in [9.17, 15) is 18.4 Å². The van der Waals surface area contributed by atoms with E-state index in [1.165, 1.54) is 25.1 Å². The van der Waals surface area contributed by atoms with Crippen LogP contribution in [0.1, 0.15) is 52.7 Å². The Morgan fingerprint density at radius 2 is 2.12 bits per heavy atom. The number of nitrogens with zero attached hydrogens (tertiary/aromatic N) is 2. The van der Waals surface area contributed by atoms with Crippen LogP contribution in [0.5, 0.6) is 0 Å². The smallest absolute Gasteiger partial charge is 0.271 e. The predicted octanol–water partition coefficient (Wildman–Crippen LogP) is 3.38. The Labute approximate surface area is 150 Å². The molecule has 7 heteroatoms. The van der Waals surface area contributed by atoms with Crippen LogP contribution in [0.2, 0.25) is 0 Å². The number of hydrogen-bond donors (Lipinski definition) is 1. The third-order valence-electron chi connectivity index (χ3n) is 4.81. The normalized spacial score (nSPS) is 17.3. The van der Waals surface area contributed by atoms with Gasteiger partial charge < -0.3 is 4.90 Å².